The topological polar surface area (TPSA) is 140 Å². The van der Waals surface area contributed by atoms with E-state index < -0.39 is 12.1 Å². The lowest BCUT2D eigenvalue weighted by Crippen LogP contribution is -2.43. The van der Waals surface area contributed by atoms with Crippen molar-refractivity contribution in [1.29, 1.82) is 0 Å². The number of aryl methyl sites for hydroxylation is 1. The van der Waals surface area contributed by atoms with Crippen LogP contribution < -0.4 is 5.32 Å². The van der Waals surface area contributed by atoms with Crippen LogP contribution in [-0.4, -0.2) is 72.4 Å². The SMILES string of the molecule is Cc1n[nH]nc1C(=O)N1C[C@@H](O)[C@@H](NC(=O)c2cc3cnccc3[nH]2)C1. The van der Waals surface area contributed by atoms with Crippen molar-refractivity contribution >= 4 is 22.7 Å². The van der Waals surface area contributed by atoms with E-state index in [9.17, 15) is 14.7 Å². The molecule has 0 aromatic carbocycles. The van der Waals surface area contributed by atoms with Gasteiger partial charge < -0.3 is 20.3 Å². The summed E-state index contributed by atoms with van der Waals surface area (Å²) >= 11 is 0. The maximum atomic E-state index is 12.5. The second-order valence-electron chi connectivity index (χ2n) is 6.26. The Morgan fingerprint density at radius 2 is 2.19 bits per heavy atom. The van der Waals surface area contributed by atoms with E-state index in [4.69, 9.17) is 0 Å². The van der Waals surface area contributed by atoms with Gasteiger partial charge in [0.05, 0.1) is 17.8 Å². The van der Waals surface area contributed by atoms with Crippen molar-refractivity contribution < 1.29 is 14.7 Å². The molecule has 0 radical (unpaired) electrons. The second-order valence-corrected chi connectivity index (χ2v) is 6.26. The Morgan fingerprint density at radius 3 is 2.92 bits per heavy atom. The lowest BCUT2D eigenvalue weighted by Gasteiger charge is -2.16. The summed E-state index contributed by atoms with van der Waals surface area (Å²) in [6, 6.07) is 2.90. The maximum absolute atomic E-state index is 12.5. The number of aromatic amines is 2. The number of hydrogen-bond acceptors (Lipinski definition) is 6. The minimum Gasteiger partial charge on any atom is -0.389 e. The van der Waals surface area contributed by atoms with Gasteiger partial charge >= 0.3 is 0 Å². The van der Waals surface area contributed by atoms with Crippen molar-refractivity contribution in [2.45, 2.75) is 19.1 Å². The standard InChI is InChI=1S/C16H17N7O3/c1-8-14(21-22-20-8)16(26)23-6-12(13(24)7-23)19-15(25)11-4-9-5-17-3-2-10(9)18-11/h2-5,12-13,18,24H,6-7H2,1H3,(H,19,25)(H,20,21,22)/t12-,13+/m0/s1. The number of pyridine rings is 1. The molecule has 1 saturated heterocycles. The zero-order chi connectivity index (χ0) is 18.3. The van der Waals surface area contributed by atoms with E-state index in [1.165, 1.54) is 4.90 Å². The Bertz CT molecular complexity index is 946. The van der Waals surface area contributed by atoms with Gasteiger partial charge in [0.15, 0.2) is 5.69 Å². The largest absolute Gasteiger partial charge is 0.389 e. The molecule has 0 unspecified atom stereocenters. The summed E-state index contributed by atoms with van der Waals surface area (Å²) in [6.07, 6.45) is 2.44. The highest BCUT2D eigenvalue weighted by Crippen LogP contribution is 2.17. The molecule has 3 aromatic heterocycles. The van der Waals surface area contributed by atoms with Gasteiger partial charge in [-0.05, 0) is 19.1 Å². The van der Waals surface area contributed by atoms with E-state index in [0.29, 0.717) is 11.4 Å². The molecule has 26 heavy (non-hydrogen) atoms. The fraction of sp³-hybridized carbons (Fsp3) is 0.312. The lowest BCUT2D eigenvalue weighted by molar-refractivity contribution is 0.0758. The molecule has 2 atom stereocenters. The molecule has 0 spiro atoms. The van der Waals surface area contributed by atoms with Gasteiger partial charge in [0.25, 0.3) is 11.8 Å². The first-order valence-corrected chi connectivity index (χ1v) is 8.11. The van der Waals surface area contributed by atoms with Crippen LogP contribution in [0.25, 0.3) is 10.9 Å². The number of nitrogens with one attached hydrogen (secondary N) is 3. The van der Waals surface area contributed by atoms with Crippen LogP contribution in [0.15, 0.2) is 24.5 Å². The first-order valence-electron chi connectivity index (χ1n) is 8.11. The summed E-state index contributed by atoms with van der Waals surface area (Å²) in [7, 11) is 0. The maximum Gasteiger partial charge on any atom is 0.276 e. The highest BCUT2D eigenvalue weighted by atomic mass is 16.3. The molecule has 0 aliphatic carbocycles. The van der Waals surface area contributed by atoms with E-state index in [1.807, 2.05) is 0 Å². The predicted molar refractivity (Wildman–Crippen MR) is 90.4 cm³/mol. The van der Waals surface area contributed by atoms with Crippen molar-refractivity contribution in [3.05, 3.63) is 41.6 Å². The molecule has 10 nitrogen and oxygen atoms in total. The van der Waals surface area contributed by atoms with Gasteiger partial charge in [-0.15, -0.1) is 0 Å². The summed E-state index contributed by atoms with van der Waals surface area (Å²) in [5.41, 5.74) is 1.88. The number of carbonyl (C=O) groups excluding carboxylic acids is 2. The number of hydrogen-bond donors (Lipinski definition) is 4. The van der Waals surface area contributed by atoms with Crippen LogP contribution in [0, 0.1) is 6.92 Å². The molecule has 2 amide bonds. The van der Waals surface area contributed by atoms with Gasteiger partial charge in [-0.25, -0.2) is 0 Å². The number of H-pyrrole nitrogens is 2. The summed E-state index contributed by atoms with van der Waals surface area (Å²) in [5.74, 6) is -0.680. The molecule has 134 valence electrons. The highest BCUT2D eigenvalue weighted by Gasteiger charge is 2.36. The number of amides is 2. The Balaban J connectivity index is 1.46. The fourth-order valence-electron chi connectivity index (χ4n) is 3.07. The van der Waals surface area contributed by atoms with E-state index in [-0.39, 0.29) is 30.6 Å². The molecular weight excluding hydrogens is 338 g/mol. The molecule has 10 heteroatoms. The quantitative estimate of drug-likeness (QED) is 0.504. The molecule has 4 heterocycles. The Kier molecular flexibility index (Phi) is 3.88. The number of carbonyl (C=O) groups is 2. The minimum absolute atomic E-state index is 0.118. The van der Waals surface area contributed by atoms with Gasteiger partial charge in [-0.2, -0.15) is 15.4 Å². The monoisotopic (exact) mass is 355 g/mol. The van der Waals surface area contributed by atoms with Crippen molar-refractivity contribution in [3.63, 3.8) is 0 Å². The first kappa shape index (κ1) is 16.2. The normalized spacial score (nSPS) is 19.8. The summed E-state index contributed by atoms with van der Waals surface area (Å²) in [6.45, 7) is 1.99. The second kappa shape index (κ2) is 6.23. The number of aromatic nitrogens is 5. The average Bonchev–Trinajstić information content (AvgIpc) is 3.33. The van der Waals surface area contributed by atoms with Crippen molar-refractivity contribution in [2.75, 3.05) is 13.1 Å². The van der Waals surface area contributed by atoms with Crippen LogP contribution >= 0.6 is 0 Å². The third kappa shape index (κ3) is 2.80. The Hall–Kier alpha value is -3.27. The van der Waals surface area contributed by atoms with Gasteiger partial charge in [-0.1, -0.05) is 0 Å². The highest BCUT2D eigenvalue weighted by molar-refractivity contribution is 5.98. The molecule has 1 aliphatic rings. The molecule has 1 fully saturated rings. The van der Waals surface area contributed by atoms with E-state index in [1.54, 1.807) is 31.5 Å². The molecule has 0 saturated carbocycles. The molecule has 4 N–H and O–H groups in total. The number of likely N-dealkylation sites (tertiary alicyclic amines) is 1. The van der Waals surface area contributed by atoms with Crippen LogP contribution in [0.2, 0.25) is 0 Å². The molecule has 3 aromatic rings. The van der Waals surface area contributed by atoms with Gasteiger partial charge in [0, 0.05) is 36.4 Å². The summed E-state index contributed by atoms with van der Waals surface area (Å²) in [5, 5.41) is 23.9. The number of aliphatic hydroxyl groups excluding tert-OH is 1. The smallest absolute Gasteiger partial charge is 0.276 e. The molecule has 4 rings (SSSR count). The minimum atomic E-state index is -0.860. The predicted octanol–water partition coefficient (Wildman–Crippen LogP) is -0.395. The van der Waals surface area contributed by atoms with Crippen molar-refractivity contribution in [3.8, 4) is 0 Å². The van der Waals surface area contributed by atoms with E-state index >= 15 is 0 Å². The van der Waals surface area contributed by atoms with Gasteiger partial charge in [0.2, 0.25) is 0 Å². The number of nitrogens with zero attached hydrogens (tertiary/aromatic N) is 4. The third-order valence-electron chi connectivity index (χ3n) is 4.48. The van der Waals surface area contributed by atoms with Crippen molar-refractivity contribution in [2.24, 2.45) is 0 Å². The van der Waals surface area contributed by atoms with E-state index in [2.05, 4.69) is 30.7 Å². The number of β-amino-alcohol motifs (C(OH)–C–C–N with tert-alkyl or cyclic N) is 1. The zero-order valence-corrected chi connectivity index (χ0v) is 13.9. The summed E-state index contributed by atoms with van der Waals surface area (Å²) < 4.78 is 0. The molecular formula is C16H17N7O3. The molecule has 1 aliphatic heterocycles. The van der Waals surface area contributed by atoms with E-state index in [0.717, 1.165) is 10.9 Å². The van der Waals surface area contributed by atoms with Gasteiger partial charge in [-0.3, -0.25) is 14.6 Å². The Morgan fingerprint density at radius 1 is 1.35 bits per heavy atom. The number of aliphatic hydroxyl groups is 1. The van der Waals surface area contributed by atoms with Crippen LogP contribution in [0.5, 0.6) is 0 Å². The van der Waals surface area contributed by atoms with Crippen LogP contribution in [0.3, 0.4) is 0 Å². The molecule has 0 bridgehead atoms. The average molecular weight is 355 g/mol. The number of rotatable bonds is 3. The number of fused-ring (bicyclic) bond motifs is 1. The zero-order valence-electron chi connectivity index (χ0n) is 13.9. The van der Waals surface area contributed by atoms with Crippen LogP contribution in [0.4, 0.5) is 0 Å². The van der Waals surface area contributed by atoms with Crippen LogP contribution in [0.1, 0.15) is 26.7 Å². The van der Waals surface area contributed by atoms with Crippen LogP contribution in [-0.2, 0) is 0 Å². The summed E-state index contributed by atoms with van der Waals surface area (Å²) in [4.78, 5) is 33.4. The Labute approximate surface area is 147 Å². The first-order chi connectivity index (χ1) is 12.5. The lowest BCUT2D eigenvalue weighted by atomic mass is 10.2. The third-order valence-corrected chi connectivity index (χ3v) is 4.48. The van der Waals surface area contributed by atoms with Crippen molar-refractivity contribution in [1.82, 2.24) is 35.6 Å². The van der Waals surface area contributed by atoms with Gasteiger partial charge in [0.1, 0.15) is 5.69 Å². The fourth-order valence-corrected chi connectivity index (χ4v) is 3.07.